The molecule has 0 unspecified atom stereocenters. The molecule has 10 heteroatoms. The number of carbonyl (C=O) groups is 4. The predicted octanol–water partition coefficient (Wildman–Crippen LogP) is 5.94. The SMILES string of the molecule is COC(=O)C1CCC(NC(=O)c2ccc(N(CC3CCN(C(=O)OC(C)(C)C)CC3)C(=O)OCc3ccccc3)cc2)CC1. The van der Waals surface area contributed by atoms with Gasteiger partial charge in [0.05, 0.1) is 13.0 Å². The lowest BCUT2D eigenvalue weighted by atomic mass is 9.86. The fourth-order valence-electron chi connectivity index (χ4n) is 5.67. The van der Waals surface area contributed by atoms with Crippen LogP contribution < -0.4 is 10.2 Å². The second kappa shape index (κ2) is 15.1. The number of rotatable bonds is 8. The van der Waals surface area contributed by atoms with Crippen molar-refractivity contribution in [2.24, 2.45) is 11.8 Å². The van der Waals surface area contributed by atoms with Gasteiger partial charge in [0.2, 0.25) is 0 Å². The summed E-state index contributed by atoms with van der Waals surface area (Å²) >= 11 is 0. The highest BCUT2D eigenvalue weighted by molar-refractivity contribution is 5.95. The van der Waals surface area contributed by atoms with Crippen molar-refractivity contribution < 1.29 is 33.4 Å². The number of likely N-dealkylation sites (tertiary alicyclic amines) is 1. The lowest BCUT2D eigenvalue weighted by Crippen LogP contribution is -2.44. The molecular weight excluding hydrogens is 562 g/mol. The molecule has 2 fully saturated rings. The first-order chi connectivity index (χ1) is 21.0. The molecule has 0 aromatic heterocycles. The first-order valence-electron chi connectivity index (χ1n) is 15.5. The number of carbonyl (C=O) groups excluding carboxylic acids is 4. The average Bonchev–Trinajstić information content (AvgIpc) is 3.02. The van der Waals surface area contributed by atoms with Crippen LogP contribution in [0.2, 0.25) is 0 Å². The van der Waals surface area contributed by atoms with Crippen molar-refractivity contribution in [3.8, 4) is 0 Å². The Kier molecular flexibility index (Phi) is 11.3. The first kappa shape index (κ1) is 32.8. The molecule has 1 aliphatic heterocycles. The number of nitrogens with one attached hydrogen (secondary N) is 1. The van der Waals surface area contributed by atoms with Crippen LogP contribution >= 0.6 is 0 Å². The van der Waals surface area contributed by atoms with Crippen LogP contribution in [0, 0.1) is 11.8 Å². The highest BCUT2D eigenvalue weighted by Crippen LogP contribution is 2.27. The second-order valence-corrected chi connectivity index (χ2v) is 12.7. The summed E-state index contributed by atoms with van der Waals surface area (Å²) in [6, 6.07) is 16.5. The van der Waals surface area contributed by atoms with Crippen LogP contribution in [0.15, 0.2) is 54.6 Å². The molecule has 1 N–H and O–H groups in total. The number of hydrogen-bond acceptors (Lipinski definition) is 7. The van der Waals surface area contributed by atoms with E-state index in [0.29, 0.717) is 43.7 Å². The maximum Gasteiger partial charge on any atom is 0.414 e. The normalized spacial score (nSPS) is 19.0. The van der Waals surface area contributed by atoms with E-state index in [9.17, 15) is 19.2 Å². The van der Waals surface area contributed by atoms with Gasteiger partial charge in [0.25, 0.3) is 5.91 Å². The van der Waals surface area contributed by atoms with Gasteiger partial charge in [-0.2, -0.15) is 0 Å². The Morgan fingerprint density at radius 3 is 2.11 bits per heavy atom. The van der Waals surface area contributed by atoms with Crippen LogP contribution in [0.3, 0.4) is 0 Å². The fourth-order valence-corrected chi connectivity index (χ4v) is 5.67. The van der Waals surface area contributed by atoms with E-state index in [4.69, 9.17) is 14.2 Å². The summed E-state index contributed by atoms with van der Waals surface area (Å²) in [6.07, 6.45) is 3.47. The molecule has 0 atom stereocenters. The molecule has 3 amide bonds. The Labute approximate surface area is 260 Å². The molecule has 2 aromatic carbocycles. The Morgan fingerprint density at radius 1 is 0.886 bits per heavy atom. The molecule has 2 aromatic rings. The molecule has 44 heavy (non-hydrogen) atoms. The molecule has 0 bridgehead atoms. The lowest BCUT2D eigenvalue weighted by Gasteiger charge is -2.35. The maximum atomic E-state index is 13.4. The number of hydrogen-bond donors (Lipinski definition) is 1. The summed E-state index contributed by atoms with van der Waals surface area (Å²) in [4.78, 5) is 54.1. The minimum Gasteiger partial charge on any atom is -0.469 e. The van der Waals surface area contributed by atoms with Crippen molar-refractivity contribution in [3.63, 3.8) is 0 Å². The van der Waals surface area contributed by atoms with Gasteiger partial charge >= 0.3 is 18.2 Å². The summed E-state index contributed by atoms with van der Waals surface area (Å²) in [5.74, 6) is -0.331. The van der Waals surface area contributed by atoms with E-state index in [1.165, 1.54) is 7.11 Å². The van der Waals surface area contributed by atoms with Crippen LogP contribution in [0.5, 0.6) is 0 Å². The van der Waals surface area contributed by atoms with Gasteiger partial charge in [-0.3, -0.25) is 14.5 Å². The first-order valence-corrected chi connectivity index (χ1v) is 15.5. The van der Waals surface area contributed by atoms with Crippen molar-refractivity contribution in [2.75, 3.05) is 31.6 Å². The summed E-state index contributed by atoms with van der Waals surface area (Å²) in [5.41, 5.74) is 1.46. The maximum absolute atomic E-state index is 13.4. The van der Waals surface area contributed by atoms with Crippen molar-refractivity contribution in [3.05, 3.63) is 65.7 Å². The summed E-state index contributed by atoms with van der Waals surface area (Å²) in [6.45, 7) is 7.21. The molecule has 1 aliphatic carbocycles. The minimum atomic E-state index is -0.555. The van der Waals surface area contributed by atoms with Gasteiger partial charge in [-0.15, -0.1) is 0 Å². The number of benzene rings is 2. The third kappa shape index (κ3) is 9.46. The van der Waals surface area contributed by atoms with Crippen LogP contribution in [-0.2, 0) is 25.6 Å². The third-order valence-corrected chi connectivity index (χ3v) is 8.17. The summed E-state index contributed by atoms with van der Waals surface area (Å²) in [5, 5.41) is 3.08. The minimum absolute atomic E-state index is 0.000840. The van der Waals surface area contributed by atoms with Crippen LogP contribution in [-0.4, -0.2) is 67.3 Å². The molecular formula is C34H45N3O7. The predicted molar refractivity (Wildman–Crippen MR) is 166 cm³/mol. The molecule has 2 aliphatic rings. The highest BCUT2D eigenvalue weighted by atomic mass is 16.6. The van der Waals surface area contributed by atoms with Gasteiger partial charge < -0.3 is 24.4 Å². The van der Waals surface area contributed by atoms with E-state index < -0.39 is 11.7 Å². The third-order valence-electron chi connectivity index (χ3n) is 8.17. The molecule has 10 nitrogen and oxygen atoms in total. The fraction of sp³-hybridized carbons (Fsp3) is 0.529. The number of anilines is 1. The van der Waals surface area contributed by atoms with Crippen LogP contribution in [0.25, 0.3) is 0 Å². The average molecular weight is 608 g/mol. The van der Waals surface area contributed by atoms with Gasteiger partial charge in [-0.25, -0.2) is 9.59 Å². The molecule has 1 heterocycles. The number of piperidine rings is 1. The zero-order valence-corrected chi connectivity index (χ0v) is 26.3. The molecule has 1 saturated heterocycles. The van der Waals surface area contributed by atoms with Gasteiger partial charge in [0, 0.05) is 36.9 Å². The van der Waals surface area contributed by atoms with E-state index in [2.05, 4.69) is 5.32 Å². The van der Waals surface area contributed by atoms with Crippen LogP contribution in [0.1, 0.15) is 75.2 Å². The largest absolute Gasteiger partial charge is 0.469 e. The topological polar surface area (TPSA) is 114 Å². The number of ether oxygens (including phenoxy) is 3. The molecule has 238 valence electrons. The van der Waals surface area contributed by atoms with Crippen molar-refractivity contribution >= 4 is 29.8 Å². The number of nitrogens with zero attached hydrogens (tertiary/aromatic N) is 2. The van der Waals surface area contributed by atoms with E-state index in [0.717, 1.165) is 31.2 Å². The van der Waals surface area contributed by atoms with Crippen LogP contribution in [0.4, 0.5) is 15.3 Å². The lowest BCUT2D eigenvalue weighted by molar-refractivity contribution is -0.146. The quantitative estimate of drug-likeness (QED) is 0.292. The molecule has 0 radical (unpaired) electrons. The summed E-state index contributed by atoms with van der Waals surface area (Å²) in [7, 11) is 1.40. The number of esters is 1. The molecule has 4 rings (SSSR count). The van der Waals surface area contributed by atoms with Gasteiger partial charge in [-0.1, -0.05) is 30.3 Å². The van der Waals surface area contributed by atoms with Crippen molar-refractivity contribution in [1.82, 2.24) is 10.2 Å². The summed E-state index contributed by atoms with van der Waals surface area (Å²) < 4.78 is 16.1. The Bertz CT molecular complexity index is 1260. The smallest absolute Gasteiger partial charge is 0.414 e. The van der Waals surface area contributed by atoms with E-state index >= 15 is 0 Å². The standard InChI is InChI=1S/C34H45N3O7/c1-34(2,3)44-32(40)36-20-18-24(19-21-36)22-37(33(41)43-23-25-8-6-5-7-9-25)29-16-12-26(13-17-29)30(38)35-28-14-10-27(11-15-28)31(39)42-4/h5-9,12-13,16-17,24,27-28H,10-11,14-15,18-23H2,1-4H3,(H,35,38). The van der Waals surface area contributed by atoms with E-state index in [1.807, 2.05) is 51.1 Å². The zero-order chi connectivity index (χ0) is 31.7. The van der Waals surface area contributed by atoms with E-state index in [1.54, 1.807) is 34.1 Å². The second-order valence-electron chi connectivity index (χ2n) is 12.7. The van der Waals surface area contributed by atoms with Gasteiger partial charge in [0.15, 0.2) is 0 Å². The van der Waals surface area contributed by atoms with E-state index in [-0.39, 0.29) is 42.5 Å². The number of amides is 3. The number of methoxy groups -OCH3 is 1. The van der Waals surface area contributed by atoms with Gasteiger partial charge in [0.1, 0.15) is 12.2 Å². The highest BCUT2D eigenvalue weighted by Gasteiger charge is 2.30. The molecule has 0 spiro atoms. The Hall–Kier alpha value is -4.08. The molecule has 1 saturated carbocycles. The van der Waals surface area contributed by atoms with Crippen molar-refractivity contribution in [2.45, 2.75) is 77.5 Å². The Morgan fingerprint density at radius 2 is 1.52 bits per heavy atom. The monoisotopic (exact) mass is 607 g/mol. The van der Waals surface area contributed by atoms with Gasteiger partial charge in [-0.05, 0) is 95.0 Å². The zero-order valence-electron chi connectivity index (χ0n) is 26.3. The van der Waals surface area contributed by atoms with Crippen molar-refractivity contribution in [1.29, 1.82) is 0 Å². The Balaban J connectivity index is 1.39.